The Morgan fingerprint density at radius 1 is 1.09 bits per heavy atom. The van der Waals surface area contributed by atoms with E-state index in [-0.39, 0.29) is 30.9 Å². The van der Waals surface area contributed by atoms with E-state index >= 15 is 0 Å². The third-order valence-electron chi connectivity index (χ3n) is 7.30. The molecule has 0 unspecified atom stereocenters. The predicted molar refractivity (Wildman–Crippen MR) is 154 cm³/mol. The molecule has 3 aromatic rings. The fourth-order valence-corrected chi connectivity index (χ4v) is 4.88. The summed E-state index contributed by atoms with van der Waals surface area (Å²) < 4.78 is 7.40. The number of carbonyl (C=O) groups is 4. The number of rotatable bonds is 3. The zero-order valence-electron chi connectivity index (χ0n) is 23.4. The SMILES string of the molecule is C[C@@H](O)[C@@H]1NC(=O)C2(CC2)NC(=O)c2cc(Cl)ccc2OCCn2cc(nn2)CNC(=O)[C@H](Cc2ccccc2)NC1=O. The molecule has 13 nitrogen and oxygen atoms in total. The molecule has 0 saturated heterocycles. The molecule has 14 heteroatoms. The molecule has 4 amide bonds. The molecule has 2 aliphatic rings. The summed E-state index contributed by atoms with van der Waals surface area (Å²) in [7, 11) is 0. The summed E-state index contributed by atoms with van der Waals surface area (Å²) in [5.41, 5.74) is 0.114. The van der Waals surface area contributed by atoms with Crippen molar-refractivity contribution in [2.75, 3.05) is 6.61 Å². The van der Waals surface area contributed by atoms with E-state index in [1.54, 1.807) is 18.3 Å². The van der Waals surface area contributed by atoms with Gasteiger partial charge in [-0.3, -0.25) is 19.2 Å². The Hall–Kier alpha value is -4.49. The summed E-state index contributed by atoms with van der Waals surface area (Å²) in [5.74, 6) is -2.20. The van der Waals surface area contributed by atoms with E-state index in [9.17, 15) is 24.3 Å². The summed E-state index contributed by atoms with van der Waals surface area (Å²) in [6, 6.07) is 11.3. The van der Waals surface area contributed by atoms with Crippen LogP contribution in [0.2, 0.25) is 5.02 Å². The number of nitrogens with one attached hydrogen (secondary N) is 4. The van der Waals surface area contributed by atoms with Gasteiger partial charge in [-0.05, 0) is 43.5 Å². The summed E-state index contributed by atoms with van der Waals surface area (Å²) in [5, 5.41) is 29.7. The number of benzene rings is 2. The van der Waals surface area contributed by atoms with Crippen LogP contribution >= 0.6 is 11.6 Å². The first-order valence-electron chi connectivity index (χ1n) is 13.9. The molecule has 3 atom stereocenters. The Balaban J connectivity index is 1.43. The van der Waals surface area contributed by atoms with Crippen molar-refractivity contribution >= 4 is 35.2 Å². The Morgan fingerprint density at radius 3 is 2.58 bits per heavy atom. The number of amides is 4. The highest BCUT2D eigenvalue weighted by Gasteiger charge is 2.52. The lowest BCUT2D eigenvalue weighted by Gasteiger charge is -2.27. The van der Waals surface area contributed by atoms with Crippen LogP contribution in [0.5, 0.6) is 5.75 Å². The van der Waals surface area contributed by atoms with Crippen molar-refractivity contribution in [3.05, 3.63) is 76.6 Å². The highest BCUT2D eigenvalue weighted by molar-refractivity contribution is 6.31. The van der Waals surface area contributed by atoms with Gasteiger partial charge in [-0.1, -0.05) is 47.1 Å². The Kier molecular flexibility index (Phi) is 8.92. The smallest absolute Gasteiger partial charge is 0.255 e. The van der Waals surface area contributed by atoms with Crippen molar-refractivity contribution < 1.29 is 29.0 Å². The highest BCUT2D eigenvalue weighted by atomic mass is 35.5. The van der Waals surface area contributed by atoms with Crippen LogP contribution in [0.25, 0.3) is 0 Å². The van der Waals surface area contributed by atoms with Gasteiger partial charge in [-0.25, -0.2) is 4.68 Å². The van der Waals surface area contributed by atoms with Gasteiger partial charge in [0.1, 0.15) is 35.7 Å². The molecular formula is C29H32ClN7O6. The number of aliphatic hydroxyl groups excluding tert-OH is 1. The molecule has 1 spiro atoms. The first-order valence-corrected chi connectivity index (χ1v) is 14.3. The van der Waals surface area contributed by atoms with Crippen LogP contribution in [0, 0.1) is 0 Å². The topological polar surface area (TPSA) is 177 Å². The molecule has 0 radical (unpaired) electrons. The third-order valence-corrected chi connectivity index (χ3v) is 7.53. The number of aromatic nitrogens is 3. The van der Waals surface area contributed by atoms with Gasteiger partial charge >= 0.3 is 0 Å². The van der Waals surface area contributed by atoms with Gasteiger partial charge in [0.15, 0.2) is 0 Å². The van der Waals surface area contributed by atoms with Crippen LogP contribution in [-0.2, 0) is 33.9 Å². The molecule has 1 aliphatic heterocycles. The number of nitrogens with zero attached hydrogens (tertiary/aromatic N) is 3. The van der Waals surface area contributed by atoms with Gasteiger partial charge in [0.05, 0.1) is 31.0 Å². The molecule has 1 aromatic heterocycles. The first-order chi connectivity index (χ1) is 20.6. The number of ether oxygens (including phenoxy) is 1. The number of hydrogen-bond acceptors (Lipinski definition) is 8. The Bertz CT molecular complexity index is 1510. The van der Waals surface area contributed by atoms with Gasteiger partial charge in [0, 0.05) is 11.4 Å². The van der Waals surface area contributed by atoms with E-state index in [0.717, 1.165) is 5.56 Å². The maximum Gasteiger partial charge on any atom is 0.255 e. The lowest BCUT2D eigenvalue weighted by Crippen LogP contribution is -2.60. The van der Waals surface area contributed by atoms with Gasteiger partial charge < -0.3 is 31.1 Å². The number of carbonyl (C=O) groups excluding carboxylic acids is 4. The summed E-state index contributed by atoms with van der Waals surface area (Å²) in [4.78, 5) is 53.4. The monoisotopic (exact) mass is 609 g/mol. The summed E-state index contributed by atoms with van der Waals surface area (Å²) in [6.07, 6.45) is 1.15. The molecule has 5 rings (SSSR count). The highest BCUT2D eigenvalue weighted by Crippen LogP contribution is 2.37. The first kappa shape index (κ1) is 30.0. The molecule has 5 N–H and O–H groups in total. The lowest BCUT2D eigenvalue weighted by atomic mass is 10.0. The average molecular weight is 610 g/mol. The molecule has 226 valence electrons. The standard InChI is InChI=1S/C29H32ClN7O6/c1-17(38)24-27(41)32-22(13-18-5-3-2-4-6-18)26(40)31-15-20-16-37(36-35-20)11-12-43-23-8-7-19(30)14-21(23)25(39)34-29(9-10-29)28(42)33-24/h2-8,14,16-17,22,24,38H,9-13,15H2,1H3,(H,31,40)(H,32,41)(H,33,42)(H,34,39)/t17-,22+,24+/m1/s1. The van der Waals surface area contributed by atoms with Crippen molar-refractivity contribution in [3.8, 4) is 5.75 Å². The second-order valence-electron chi connectivity index (χ2n) is 10.7. The van der Waals surface area contributed by atoms with Crippen molar-refractivity contribution in [3.63, 3.8) is 0 Å². The summed E-state index contributed by atoms with van der Waals surface area (Å²) in [6.45, 7) is 1.84. The zero-order chi connectivity index (χ0) is 30.6. The van der Waals surface area contributed by atoms with Crippen LogP contribution in [0.4, 0.5) is 0 Å². The third kappa shape index (κ3) is 7.30. The van der Waals surface area contributed by atoms with E-state index in [4.69, 9.17) is 16.3 Å². The molecule has 2 heterocycles. The molecule has 2 aromatic carbocycles. The lowest BCUT2D eigenvalue weighted by molar-refractivity contribution is -0.135. The van der Waals surface area contributed by atoms with E-state index in [2.05, 4.69) is 31.6 Å². The normalized spacial score (nSPS) is 21.7. The fraction of sp³-hybridized carbons (Fsp3) is 0.379. The Morgan fingerprint density at radius 2 is 1.86 bits per heavy atom. The van der Waals surface area contributed by atoms with E-state index < -0.39 is 47.4 Å². The maximum atomic E-state index is 13.4. The second kappa shape index (κ2) is 12.8. The molecule has 1 aliphatic carbocycles. The van der Waals surface area contributed by atoms with Gasteiger partial charge in [-0.2, -0.15) is 0 Å². The minimum Gasteiger partial charge on any atom is -0.491 e. The molecular weight excluding hydrogens is 578 g/mol. The van der Waals surface area contributed by atoms with Crippen molar-refractivity contribution in [2.24, 2.45) is 0 Å². The zero-order valence-corrected chi connectivity index (χ0v) is 24.1. The number of hydrogen-bond donors (Lipinski definition) is 5. The van der Waals surface area contributed by atoms with Crippen molar-refractivity contribution in [2.45, 2.75) is 63.0 Å². The van der Waals surface area contributed by atoms with Crippen LogP contribution in [0.15, 0.2) is 54.7 Å². The number of aliphatic hydroxyl groups is 1. The van der Waals surface area contributed by atoms with Crippen molar-refractivity contribution in [1.82, 2.24) is 36.3 Å². The van der Waals surface area contributed by atoms with Gasteiger partial charge in [0.2, 0.25) is 17.7 Å². The van der Waals surface area contributed by atoms with Crippen LogP contribution < -0.4 is 26.0 Å². The Labute approximate surface area is 252 Å². The molecule has 2 bridgehead atoms. The van der Waals surface area contributed by atoms with Crippen molar-refractivity contribution in [1.29, 1.82) is 0 Å². The quantitative estimate of drug-likeness (QED) is 0.285. The number of fused-ring (bicyclic) bond motifs is 3. The van der Waals surface area contributed by atoms with E-state index in [1.807, 2.05) is 30.3 Å². The minimum absolute atomic E-state index is 0.0431. The fourth-order valence-electron chi connectivity index (χ4n) is 4.71. The maximum absolute atomic E-state index is 13.4. The second-order valence-corrected chi connectivity index (χ2v) is 11.1. The average Bonchev–Trinajstić information content (AvgIpc) is 3.63. The number of halogens is 1. The largest absolute Gasteiger partial charge is 0.491 e. The predicted octanol–water partition coefficient (Wildman–Crippen LogP) is 0.496. The van der Waals surface area contributed by atoms with Gasteiger partial charge in [0.25, 0.3) is 5.91 Å². The molecule has 1 fully saturated rings. The summed E-state index contributed by atoms with van der Waals surface area (Å²) >= 11 is 6.17. The van der Waals surface area contributed by atoms with Crippen LogP contribution in [-0.4, -0.2) is 74.1 Å². The van der Waals surface area contributed by atoms with Crippen LogP contribution in [0.1, 0.15) is 41.4 Å². The van der Waals surface area contributed by atoms with E-state index in [0.29, 0.717) is 30.1 Å². The molecule has 43 heavy (non-hydrogen) atoms. The van der Waals surface area contributed by atoms with Crippen LogP contribution in [0.3, 0.4) is 0 Å². The minimum atomic E-state index is -1.40. The molecule has 1 saturated carbocycles. The van der Waals surface area contributed by atoms with Gasteiger partial charge in [-0.15, -0.1) is 5.10 Å². The van der Waals surface area contributed by atoms with E-state index in [1.165, 1.54) is 17.7 Å².